The molecule has 2 atom stereocenters. The summed E-state index contributed by atoms with van der Waals surface area (Å²) in [7, 11) is 1.26. The van der Waals surface area contributed by atoms with E-state index >= 15 is 0 Å². The number of aryl methyl sites for hydroxylation is 1. The molecule has 0 saturated carbocycles. The fourth-order valence-corrected chi connectivity index (χ4v) is 4.82. The summed E-state index contributed by atoms with van der Waals surface area (Å²) in [6.07, 6.45) is -7.02. The molecule has 2 aromatic carbocycles. The van der Waals surface area contributed by atoms with Crippen LogP contribution in [0.5, 0.6) is 0 Å². The molecule has 1 aliphatic rings. The molecule has 0 unspecified atom stereocenters. The van der Waals surface area contributed by atoms with Gasteiger partial charge in [0.25, 0.3) is 0 Å². The van der Waals surface area contributed by atoms with E-state index in [-0.39, 0.29) is 31.0 Å². The number of rotatable bonds is 4. The van der Waals surface area contributed by atoms with Crippen LogP contribution in [0.15, 0.2) is 55.1 Å². The van der Waals surface area contributed by atoms with Crippen LogP contribution in [0, 0.1) is 12.7 Å². The second-order valence-electron chi connectivity index (χ2n) is 9.76. The van der Waals surface area contributed by atoms with Crippen LogP contribution in [0.3, 0.4) is 0 Å². The summed E-state index contributed by atoms with van der Waals surface area (Å²) in [6.45, 7) is 1.13. The van der Waals surface area contributed by atoms with Crippen LogP contribution >= 0.6 is 0 Å². The number of hydrogen-bond acceptors (Lipinski definition) is 4. The van der Waals surface area contributed by atoms with Gasteiger partial charge in [0.1, 0.15) is 18.2 Å². The molecule has 1 aromatic heterocycles. The Labute approximate surface area is 230 Å². The Bertz CT molecular complexity index is 1370. The zero-order valence-corrected chi connectivity index (χ0v) is 21.8. The highest BCUT2D eigenvalue weighted by molar-refractivity contribution is 5.75. The number of carbonyl (C=O) groups is 2. The van der Waals surface area contributed by atoms with E-state index in [4.69, 9.17) is 4.74 Å². The molecule has 2 heterocycles. The predicted octanol–water partition coefficient (Wildman–Crippen LogP) is 6.81. The van der Waals surface area contributed by atoms with E-state index < -0.39 is 60.1 Å². The summed E-state index contributed by atoms with van der Waals surface area (Å²) < 4.78 is 100. The van der Waals surface area contributed by atoms with Crippen LogP contribution in [0.25, 0.3) is 0 Å². The molecule has 1 aliphatic heterocycles. The highest BCUT2D eigenvalue weighted by Crippen LogP contribution is 2.38. The van der Waals surface area contributed by atoms with Gasteiger partial charge in [0, 0.05) is 45.4 Å². The van der Waals surface area contributed by atoms with Crippen molar-refractivity contribution in [2.75, 3.05) is 13.6 Å². The summed E-state index contributed by atoms with van der Waals surface area (Å²) in [5.74, 6) is -0.509. The first-order valence-corrected chi connectivity index (χ1v) is 12.4. The van der Waals surface area contributed by atoms with Gasteiger partial charge < -0.3 is 14.5 Å². The fourth-order valence-electron chi connectivity index (χ4n) is 4.82. The maximum Gasteiger partial charge on any atom is 0.419 e. The van der Waals surface area contributed by atoms with Crippen molar-refractivity contribution in [3.8, 4) is 0 Å². The van der Waals surface area contributed by atoms with E-state index in [1.54, 1.807) is 6.92 Å². The van der Waals surface area contributed by atoms with E-state index in [1.807, 2.05) is 0 Å². The number of benzene rings is 2. The van der Waals surface area contributed by atoms with Crippen molar-refractivity contribution in [2.45, 2.75) is 50.8 Å². The Morgan fingerprint density at radius 3 is 2.27 bits per heavy atom. The number of urea groups is 1. The third-order valence-corrected chi connectivity index (χ3v) is 6.77. The van der Waals surface area contributed by atoms with Crippen molar-refractivity contribution in [1.29, 1.82) is 0 Å². The van der Waals surface area contributed by atoms with Crippen molar-refractivity contribution in [3.05, 3.63) is 88.8 Å². The van der Waals surface area contributed by atoms with Gasteiger partial charge in [-0.05, 0) is 53.9 Å². The second-order valence-corrected chi connectivity index (χ2v) is 9.76. The van der Waals surface area contributed by atoms with Crippen LogP contribution in [-0.2, 0) is 23.6 Å². The topological polar surface area (TPSA) is 67.7 Å². The first-order valence-electron chi connectivity index (χ1n) is 12.4. The fraction of sp³-hybridized carbons (Fsp3) is 0.370. The first kappa shape index (κ1) is 29.9. The smallest absolute Gasteiger partial charge is 0.419 e. The molecule has 41 heavy (non-hydrogen) atoms. The summed E-state index contributed by atoms with van der Waals surface area (Å²) in [5.41, 5.74) is -2.27. The lowest BCUT2D eigenvalue weighted by atomic mass is 9.90. The number of hydrogen-bond donors (Lipinski definition) is 0. The van der Waals surface area contributed by atoms with Gasteiger partial charge in [-0.2, -0.15) is 26.3 Å². The Morgan fingerprint density at radius 2 is 1.71 bits per heavy atom. The van der Waals surface area contributed by atoms with Crippen LogP contribution in [-0.4, -0.2) is 51.2 Å². The highest BCUT2D eigenvalue weighted by Gasteiger charge is 2.39. The van der Waals surface area contributed by atoms with Crippen molar-refractivity contribution in [3.63, 3.8) is 0 Å². The molecule has 14 heteroatoms. The number of carbonyl (C=O) groups excluding carboxylic acids is 2. The lowest BCUT2D eigenvalue weighted by Gasteiger charge is -2.41. The average molecular weight is 587 g/mol. The van der Waals surface area contributed by atoms with Crippen LogP contribution < -0.4 is 0 Å². The van der Waals surface area contributed by atoms with E-state index in [0.717, 1.165) is 9.47 Å². The molecule has 7 nitrogen and oxygen atoms in total. The van der Waals surface area contributed by atoms with Crippen LogP contribution in [0.4, 0.5) is 40.3 Å². The van der Waals surface area contributed by atoms with E-state index in [2.05, 4.69) is 4.98 Å². The number of alkyl halides is 6. The van der Waals surface area contributed by atoms with Crippen molar-refractivity contribution in [2.24, 2.45) is 0 Å². The number of halogens is 7. The molecular weight excluding hydrogens is 561 g/mol. The third kappa shape index (κ3) is 6.98. The molecule has 3 aromatic rings. The molecular formula is C27H25F7N4O3. The van der Waals surface area contributed by atoms with Gasteiger partial charge in [-0.3, -0.25) is 0 Å². The van der Waals surface area contributed by atoms with Gasteiger partial charge in [0.05, 0.1) is 17.2 Å². The minimum Gasteiger partial charge on any atom is -0.445 e. The number of likely N-dealkylation sites (tertiary alicyclic amines) is 1. The number of imidazole rings is 1. The molecule has 1 saturated heterocycles. The Morgan fingerprint density at radius 1 is 1.05 bits per heavy atom. The van der Waals surface area contributed by atoms with E-state index in [0.29, 0.717) is 23.3 Å². The Balaban J connectivity index is 1.59. The SMILES string of the molecule is Cc1cc(F)ccc1[C@H]1C[C@@H](OC(=O)n2ccnc2)CCN1C(=O)N(C)Cc1cc(C(F)(F)F)cc(C(F)(F)F)c1. The molecule has 0 bridgehead atoms. The zero-order chi connectivity index (χ0) is 30.1. The predicted molar refractivity (Wildman–Crippen MR) is 131 cm³/mol. The van der Waals surface area contributed by atoms with Crippen molar-refractivity contribution in [1.82, 2.24) is 19.4 Å². The van der Waals surface area contributed by atoms with Gasteiger partial charge in [0.2, 0.25) is 0 Å². The second kappa shape index (κ2) is 11.4. The number of piperidine rings is 1. The number of ether oxygens (including phenoxy) is 1. The highest BCUT2D eigenvalue weighted by atomic mass is 19.4. The first-order chi connectivity index (χ1) is 19.1. The monoisotopic (exact) mass is 586 g/mol. The zero-order valence-electron chi connectivity index (χ0n) is 21.8. The quantitative estimate of drug-likeness (QED) is 0.315. The third-order valence-electron chi connectivity index (χ3n) is 6.77. The maximum atomic E-state index is 13.9. The van der Waals surface area contributed by atoms with Crippen LogP contribution in [0.2, 0.25) is 0 Å². The van der Waals surface area contributed by atoms with Gasteiger partial charge in [-0.15, -0.1) is 0 Å². The lowest BCUT2D eigenvalue weighted by molar-refractivity contribution is -0.143. The Hall–Kier alpha value is -4.10. The van der Waals surface area contributed by atoms with E-state index in [9.17, 15) is 40.3 Å². The Kier molecular flexibility index (Phi) is 8.31. The summed E-state index contributed by atoms with van der Waals surface area (Å²) >= 11 is 0. The minimum atomic E-state index is -5.03. The molecule has 0 spiro atoms. The van der Waals surface area contributed by atoms with E-state index in [1.165, 1.54) is 48.9 Å². The van der Waals surface area contributed by atoms with Gasteiger partial charge >= 0.3 is 24.5 Å². The molecule has 0 N–H and O–H groups in total. The van der Waals surface area contributed by atoms with Gasteiger partial charge in [0.15, 0.2) is 0 Å². The van der Waals surface area contributed by atoms with Gasteiger partial charge in [-0.25, -0.2) is 23.5 Å². The van der Waals surface area contributed by atoms with Crippen molar-refractivity contribution >= 4 is 12.1 Å². The average Bonchev–Trinajstić information content (AvgIpc) is 3.42. The molecule has 220 valence electrons. The van der Waals surface area contributed by atoms with Crippen LogP contribution in [0.1, 0.15) is 46.7 Å². The largest absolute Gasteiger partial charge is 0.445 e. The summed E-state index contributed by atoms with van der Waals surface area (Å²) in [6, 6.07) is 3.72. The summed E-state index contributed by atoms with van der Waals surface area (Å²) in [4.78, 5) is 32.2. The lowest BCUT2D eigenvalue weighted by Crippen LogP contribution is -2.48. The maximum absolute atomic E-state index is 13.9. The normalized spacial score (nSPS) is 17.8. The standard InChI is InChI=1S/C27H25F7N4O3/c1-16-9-20(28)3-4-22(16)23-13-21(41-25(40)37-8-6-35-15-37)5-7-38(23)24(39)36(2)14-17-10-18(26(29,30)31)12-19(11-17)27(32,33)34/h3-4,6,8-12,15,21,23H,5,7,13-14H2,1-2H3/t21-,23+/m0/s1. The van der Waals surface area contributed by atoms with Gasteiger partial charge in [-0.1, -0.05) is 6.07 Å². The number of aromatic nitrogens is 2. The molecule has 0 aliphatic carbocycles. The molecule has 0 radical (unpaired) electrons. The molecule has 4 rings (SSSR count). The number of amides is 2. The summed E-state index contributed by atoms with van der Waals surface area (Å²) in [5, 5.41) is 0. The van der Waals surface area contributed by atoms with Crippen molar-refractivity contribution < 1.29 is 45.1 Å². The minimum absolute atomic E-state index is 0.0223. The molecule has 2 amide bonds. The number of nitrogens with zero attached hydrogens (tertiary/aromatic N) is 4. The molecule has 1 fully saturated rings.